The first-order valence-corrected chi connectivity index (χ1v) is 7.90. The Morgan fingerprint density at radius 1 is 1.18 bits per heavy atom. The zero-order chi connectivity index (χ0) is 16.4. The molecule has 0 spiro atoms. The van der Waals surface area contributed by atoms with Gasteiger partial charge in [-0.2, -0.15) is 0 Å². The van der Waals surface area contributed by atoms with Crippen molar-refractivity contribution in [1.82, 2.24) is 10.6 Å². The first-order chi connectivity index (χ1) is 10.6. The molecule has 22 heavy (non-hydrogen) atoms. The average Bonchev–Trinajstić information content (AvgIpc) is 2.51. The summed E-state index contributed by atoms with van der Waals surface area (Å²) in [6.07, 6.45) is 4.68. The fraction of sp³-hybridized carbons (Fsp3) is 0.438. The monoisotopic (exact) mass is 321 g/mol. The number of amides is 2. The van der Waals surface area contributed by atoms with Crippen LogP contribution in [0.25, 0.3) is 0 Å². The number of unbranched alkanes of at least 4 members (excludes halogenated alkanes) is 3. The summed E-state index contributed by atoms with van der Waals surface area (Å²) in [4.78, 5) is 23.3. The van der Waals surface area contributed by atoms with E-state index in [0.29, 0.717) is 17.7 Å². The number of thiocarbonyl (C=S) groups is 1. The lowest BCUT2D eigenvalue weighted by Crippen LogP contribution is -2.34. The van der Waals surface area contributed by atoms with Crippen LogP contribution < -0.4 is 16.0 Å². The molecule has 0 aromatic heterocycles. The summed E-state index contributed by atoms with van der Waals surface area (Å²) in [5.41, 5.74) is 1.19. The topological polar surface area (TPSA) is 70.2 Å². The minimum absolute atomic E-state index is 0.0870. The Hall–Kier alpha value is -1.95. The molecule has 1 aromatic rings. The zero-order valence-electron chi connectivity index (χ0n) is 13.1. The van der Waals surface area contributed by atoms with Gasteiger partial charge in [0.1, 0.15) is 0 Å². The molecule has 1 rings (SSSR count). The number of rotatable bonds is 7. The Labute approximate surface area is 136 Å². The van der Waals surface area contributed by atoms with Crippen molar-refractivity contribution in [2.75, 3.05) is 12.4 Å². The van der Waals surface area contributed by atoms with E-state index in [0.717, 1.165) is 25.7 Å². The molecular weight excluding hydrogens is 298 g/mol. The van der Waals surface area contributed by atoms with Gasteiger partial charge in [0.2, 0.25) is 5.91 Å². The fourth-order valence-electron chi connectivity index (χ4n) is 1.95. The SMILES string of the molecule is CCCCCCC(=O)NC(=S)Nc1cccc(C(=O)NC)c1. The number of anilines is 1. The Bertz CT molecular complexity index is 532. The van der Waals surface area contributed by atoms with Crippen molar-refractivity contribution >= 4 is 34.8 Å². The van der Waals surface area contributed by atoms with Crippen LogP contribution in [-0.4, -0.2) is 24.0 Å². The van der Waals surface area contributed by atoms with Crippen molar-refractivity contribution in [2.45, 2.75) is 39.0 Å². The summed E-state index contributed by atoms with van der Waals surface area (Å²) in [5.74, 6) is -0.259. The molecule has 2 amide bonds. The van der Waals surface area contributed by atoms with Gasteiger partial charge in [-0.05, 0) is 36.8 Å². The van der Waals surface area contributed by atoms with E-state index < -0.39 is 0 Å². The molecule has 0 aliphatic carbocycles. The Balaban J connectivity index is 2.44. The number of carbonyl (C=O) groups is 2. The lowest BCUT2D eigenvalue weighted by molar-refractivity contribution is -0.119. The third-order valence-electron chi connectivity index (χ3n) is 3.12. The molecule has 0 saturated heterocycles. The van der Waals surface area contributed by atoms with E-state index in [1.165, 1.54) is 0 Å². The smallest absolute Gasteiger partial charge is 0.251 e. The molecule has 1 aromatic carbocycles. The predicted octanol–water partition coefficient (Wildman–Crippen LogP) is 2.83. The number of benzene rings is 1. The van der Waals surface area contributed by atoms with Crippen LogP contribution in [0.2, 0.25) is 0 Å². The molecule has 0 bridgehead atoms. The molecule has 0 aliphatic heterocycles. The van der Waals surface area contributed by atoms with Gasteiger partial charge in [-0.15, -0.1) is 0 Å². The van der Waals surface area contributed by atoms with E-state index >= 15 is 0 Å². The van der Waals surface area contributed by atoms with E-state index in [4.69, 9.17) is 12.2 Å². The highest BCUT2D eigenvalue weighted by atomic mass is 32.1. The molecule has 0 radical (unpaired) electrons. The fourth-order valence-corrected chi connectivity index (χ4v) is 2.18. The van der Waals surface area contributed by atoms with Crippen LogP contribution in [0.15, 0.2) is 24.3 Å². The van der Waals surface area contributed by atoms with Crippen LogP contribution in [0.1, 0.15) is 49.4 Å². The summed E-state index contributed by atoms with van der Waals surface area (Å²) in [6, 6.07) is 6.92. The maximum Gasteiger partial charge on any atom is 0.251 e. The van der Waals surface area contributed by atoms with E-state index in [2.05, 4.69) is 22.9 Å². The minimum Gasteiger partial charge on any atom is -0.355 e. The maximum absolute atomic E-state index is 11.7. The highest BCUT2D eigenvalue weighted by molar-refractivity contribution is 7.80. The van der Waals surface area contributed by atoms with Crippen LogP contribution in [-0.2, 0) is 4.79 Å². The van der Waals surface area contributed by atoms with Gasteiger partial charge in [-0.25, -0.2) is 0 Å². The molecule has 120 valence electrons. The Kier molecular flexibility index (Phi) is 8.14. The van der Waals surface area contributed by atoms with Crippen LogP contribution in [0, 0.1) is 0 Å². The summed E-state index contributed by atoms with van der Waals surface area (Å²) >= 11 is 5.11. The van der Waals surface area contributed by atoms with E-state index in [9.17, 15) is 9.59 Å². The van der Waals surface area contributed by atoms with E-state index in [1.54, 1.807) is 31.3 Å². The molecule has 5 nitrogen and oxygen atoms in total. The van der Waals surface area contributed by atoms with Crippen LogP contribution in [0.5, 0.6) is 0 Å². The van der Waals surface area contributed by atoms with Gasteiger partial charge < -0.3 is 16.0 Å². The molecule has 0 heterocycles. The van der Waals surface area contributed by atoms with Crippen molar-refractivity contribution in [3.63, 3.8) is 0 Å². The number of carbonyl (C=O) groups excluding carboxylic acids is 2. The minimum atomic E-state index is -0.172. The van der Waals surface area contributed by atoms with Gasteiger partial charge in [0.15, 0.2) is 5.11 Å². The second-order valence-corrected chi connectivity index (χ2v) is 5.38. The van der Waals surface area contributed by atoms with Crippen LogP contribution in [0.3, 0.4) is 0 Å². The molecule has 0 fully saturated rings. The van der Waals surface area contributed by atoms with Crippen molar-refractivity contribution in [3.8, 4) is 0 Å². The summed E-state index contributed by atoms with van der Waals surface area (Å²) in [5, 5.41) is 8.37. The standard InChI is InChI=1S/C16H23N3O2S/c1-3-4-5-6-10-14(20)19-16(22)18-13-9-7-8-12(11-13)15(21)17-2/h7-9,11H,3-6,10H2,1-2H3,(H,17,21)(H2,18,19,20,22). The maximum atomic E-state index is 11.7. The first kappa shape index (κ1) is 18.1. The second kappa shape index (κ2) is 9.89. The van der Waals surface area contributed by atoms with E-state index in [1.807, 2.05) is 0 Å². The molecule has 3 N–H and O–H groups in total. The lowest BCUT2D eigenvalue weighted by Gasteiger charge is -2.10. The largest absolute Gasteiger partial charge is 0.355 e. The van der Waals surface area contributed by atoms with Crippen molar-refractivity contribution in [3.05, 3.63) is 29.8 Å². The van der Waals surface area contributed by atoms with Crippen molar-refractivity contribution in [1.29, 1.82) is 0 Å². The highest BCUT2D eigenvalue weighted by Crippen LogP contribution is 2.10. The molecule has 6 heteroatoms. The summed E-state index contributed by atoms with van der Waals surface area (Å²) in [7, 11) is 1.58. The van der Waals surface area contributed by atoms with Gasteiger partial charge in [0.25, 0.3) is 5.91 Å². The summed E-state index contributed by atoms with van der Waals surface area (Å²) in [6.45, 7) is 2.13. The average molecular weight is 321 g/mol. The molecule has 0 atom stereocenters. The first-order valence-electron chi connectivity index (χ1n) is 7.49. The van der Waals surface area contributed by atoms with Gasteiger partial charge >= 0.3 is 0 Å². The normalized spacial score (nSPS) is 9.91. The van der Waals surface area contributed by atoms with Gasteiger partial charge in [0, 0.05) is 24.7 Å². The number of hydrogen-bond donors (Lipinski definition) is 3. The lowest BCUT2D eigenvalue weighted by atomic mass is 10.1. The third kappa shape index (κ3) is 6.67. The predicted molar refractivity (Wildman–Crippen MR) is 93.0 cm³/mol. The molecular formula is C16H23N3O2S. The quantitative estimate of drug-likeness (QED) is 0.533. The zero-order valence-corrected chi connectivity index (χ0v) is 13.9. The van der Waals surface area contributed by atoms with Crippen LogP contribution in [0.4, 0.5) is 5.69 Å². The van der Waals surface area contributed by atoms with Gasteiger partial charge in [-0.3, -0.25) is 9.59 Å². The Morgan fingerprint density at radius 2 is 1.95 bits per heavy atom. The van der Waals surface area contributed by atoms with E-state index in [-0.39, 0.29) is 16.9 Å². The number of nitrogens with one attached hydrogen (secondary N) is 3. The third-order valence-corrected chi connectivity index (χ3v) is 3.32. The Morgan fingerprint density at radius 3 is 2.64 bits per heavy atom. The summed E-state index contributed by atoms with van der Waals surface area (Å²) < 4.78 is 0. The van der Waals surface area contributed by atoms with Crippen molar-refractivity contribution in [2.24, 2.45) is 0 Å². The molecule has 0 unspecified atom stereocenters. The number of hydrogen-bond acceptors (Lipinski definition) is 3. The van der Waals surface area contributed by atoms with Gasteiger partial charge in [-0.1, -0.05) is 32.3 Å². The molecule has 0 aliphatic rings. The molecule has 0 saturated carbocycles. The van der Waals surface area contributed by atoms with Crippen LogP contribution >= 0.6 is 12.2 Å². The highest BCUT2D eigenvalue weighted by Gasteiger charge is 2.07. The second-order valence-electron chi connectivity index (χ2n) is 4.97. The van der Waals surface area contributed by atoms with Gasteiger partial charge in [0.05, 0.1) is 0 Å². The van der Waals surface area contributed by atoms with Crippen molar-refractivity contribution < 1.29 is 9.59 Å².